The van der Waals surface area contributed by atoms with Gasteiger partial charge in [0.25, 0.3) is 5.89 Å². The average Bonchev–Trinajstić information content (AvgIpc) is 3.18. The fourth-order valence-corrected chi connectivity index (χ4v) is 3.18. The van der Waals surface area contributed by atoms with Crippen molar-refractivity contribution in [3.05, 3.63) is 51.8 Å². The Labute approximate surface area is 141 Å². The lowest BCUT2D eigenvalue weighted by atomic mass is 9.73. The van der Waals surface area contributed by atoms with Crippen LogP contribution in [0.15, 0.2) is 45.0 Å². The summed E-state index contributed by atoms with van der Waals surface area (Å²) in [4.78, 5) is 9.57. The van der Waals surface area contributed by atoms with Gasteiger partial charge < -0.3 is 4.52 Å². The third-order valence-corrected chi connectivity index (χ3v) is 5.42. The van der Waals surface area contributed by atoms with Crippen LogP contribution in [0.25, 0.3) is 10.8 Å². The molecule has 0 aliphatic heterocycles. The molecule has 1 aromatic carbocycles. The maximum absolute atomic E-state index is 5.45. The Kier molecular flexibility index (Phi) is 4.14. The molecule has 0 amide bonds. The van der Waals surface area contributed by atoms with Gasteiger partial charge in [-0.2, -0.15) is 4.98 Å². The van der Waals surface area contributed by atoms with Gasteiger partial charge in [-0.25, -0.2) is 0 Å². The van der Waals surface area contributed by atoms with E-state index in [4.69, 9.17) is 4.52 Å². The molecule has 3 rings (SSSR count). The number of rotatable bonds is 4. The largest absolute Gasteiger partial charge is 0.333 e. The second-order valence-corrected chi connectivity index (χ2v) is 7.45. The molecule has 0 bridgehead atoms. The summed E-state index contributed by atoms with van der Waals surface area (Å²) < 4.78 is 6.51. The van der Waals surface area contributed by atoms with Crippen LogP contribution in [0, 0.1) is 5.92 Å². The van der Waals surface area contributed by atoms with Crippen molar-refractivity contribution in [3.63, 3.8) is 0 Å². The van der Waals surface area contributed by atoms with Crippen molar-refractivity contribution in [1.82, 2.24) is 15.1 Å². The van der Waals surface area contributed by atoms with E-state index in [1.165, 1.54) is 16.9 Å². The van der Waals surface area contributed by atoms with Gasteiger partial charge in [0.05, 0.1) is 17.1 Å². The molecule has 6 heteroatoms. The second kappa shape index (κ2) is 5.93. The smallest absolute Gasteiger partial charge is 0.269 e. The first-order valence-electron chi connectivity index (χ1n) is 7.01. The molecule has 1 atom stereocenters. The van der Waals surface area contributed by atoms with Crippen LogP contribution in [0.5, 0.6) is 0 Å². The molecule has 0 radical (unpaired) electrons. The molecule has 0 aliphatic rings. The molecule has 0 saturated heterocycles. The molecule has 0 spiro atoms. The van der Waals surface area contributed by atoms with Gasteiger partial charge in [0, 0.05) is 4.47 Å². The Balaban J connectivity index is 2.06. The van der Waals surface area contributed by atoms with Gasteiger partial charge in [-0.3, -0.25) is 4.98 Å². The van der Waals surface area contributed by atoms with E-state index in [0.29, 0.717) is 17.6 Å². The molecule has 4 nitrogen and oxygen atoms in total. The highest BCUT2D eigenvalue weighted by molar-refractivity contribution is 9.10. The highest BCUT2D eigenvalue weighted by Gasteiger charge is 2.37. The zero-order valence-corrected chi connectivity index (χ0v) is 15.0. The topological polar surface area (TPSA) is 51.8 Å². The average molecular weight is 378 g/mol. The Bertz CT molecular complexity index is 752. The van der Waals surface area contributed by atoms with Crippen LogP contribution in [-0.2, 0) is 5.41 Å². The Hall–Kier alpha value is -1.53. The first-order valence-corrected chi connectivity index (χ1v) is 8.68. The molecule has 0 N–H and O–H groups in total. The first kappa shape index (κ1) is 15.4. The van der Waals surface area contributed by atoms with Crippen molar-refractivity contribution in [2.45, 2.75) is 26.2 Å². The third kappa shape index (κ3) is 2.61. The normalized spacial score (nSPS) is 14.2. The number of hydrogen-bond donors (Lipinski definition) is 0. The summed E-state index contributed by atoms with van der Waals surface area (Å²) in [7, 11) is 0. The molecule has 0 fully saturated rings. The molecule has 1 unspecified atom stereocenters. The van der Waals surface area contributed by atoms with Gasteiger partial charge in [0.2, 0.25) is 0 Å². The fraction of sp³-hybridized carbons (Fsp3) is 0.312. The number of nitrogens with zero attached hydrogens (tertiary/aromatic N) is 3. The zero-order chi connectivity index (χ0) is 15.7. The van der Waals surface area contributed by atoms with E-state index in [0.717, 1.165) is 9.35 Å². The van der Waals surface area contributed by atoms with E-state index >= 15 is 0 Å². The van der Waals surface area contributed by atoms with Crippen molar-refractivity contribution >= 4 is 27.3 Å². The maximum atomic E-state index is 5.45. The molecule has 2 heterocycles. The maximum Gasteiger partial charge on any atom is 0.269 e. The first-order chi connectivity index (χ1) is 10.5. The molecule has 2 aromatic heterocycles. The van der Waals surface area contributed by atoms with Crippen LogP contribution in [0.2, 0.25) is 0 Å². The molecule has 114 valence electrons. The van der Waals surface area contributed by atoms with Crippen LogP contribution in [0.3, 0.4) is 0 Å². The Morgan fingerprint density at radius 3 is 2.55 bits per heavy atom. The van der Waals surface area contributed by atoms with E-state index < -0.39 is 0 Å². The van der Waals surface area contributed by atoms with Crippen molar-refractivity contribution in [2.75, 3.05) is 0 Å². The van der Waals surface area contributed by atoms with Crippen LogP contribution in [-0.4, -0.2) is 15.1 Å². The number of hydrogen-bond acceptors (Lipinski definition) is 5. The summed E-state index contributed by atoms with van der Waals surface area (Å²) in [6, 6.07) is 8.29. The molecule has 0 aliphatic carbocycles. The summed E-state index contributed by atoms with van der Waals surface area (Å²) >= 11 is 4.97. The lowest BCUT2D eigenvalue weighted by Crippen LogP contribution is -2.31. The number of halogens is 1. The van der Waals surface area contributed by atoms with Gasteiger partial charge in [-0.15, -0.1) is 11.3 Å². The summed E-state index contributed by atoms with van der Waals surface area (Å²) in [6.45, 7) is 6.50. The summed E-state index contributed by atoms with van der Waals surface area (Å²) in [5, 5.41) is 4.25. The standard InChI is InChI=1S/C16H16BrN3OS/c1-10(2)16(3,11-4-6-12(17)7-5-11)15-19-14(21-20-15)13-8-18-9-22-13/h4-10H,1-3H3. The molecule has 22 heavy (non-hydrogen) atoms. The minimum absolute atomic E-state index is 0.312. The van der Waals surface area contributed by atoms with E-state index in [-0.39, 0.29) is 5.41 Å². The molecular formula is C16H16BrN3OS. The predicted octanol–water partition coefficient (Wildman–Crippen LogP) is 4.92. The van der Waals surface area contributed by atoms with Crippen LogP contribution in [0.4, 0.5) is 0 Å². The van der Waals surface area contributed by atoms with Gasteiger partial charge in [0.1, 0.15) is 4.88 Å². The Morgan fingerprint density at radius 1 is 1.23 bits per heavy atom. The summed E-state index contributed by atoms with van der Waals surface area (Å²) in [5.41, 5.74) is 2.62. The van der Waals surface area contributed by atoms with Crippen molar-refractivity contribution < 1.29 is 4.52 Å². The number of benzene rings is 1. The Morgan fingerprint density at radius 2 is 1.95 bits per heavy atom. The van der Waals surface area contributed by atoms with E-state index in [9.17, 15) is 0 Å². The monoisotopic (exact) mass is 377 g/mol. The predicted molar refractivity (Wildman–Crippen MR) is 90.8 cm³/mol. The van der Waals surface area contributed by atoms with Crippen LogP contribution in [0.1, 0.15) is 32.2 Å². The van der Waals surface area contributed by atoms with Crippen molar-refractivity contribution in [1.29, 1.82) is 0 Å². The second-order valence-electron chi connectivity index (χ2n) is 5.65. The SMILES string of the molecule is CC(C)C(C)(c1ccc(Br)cc1)c1noc(-c2cncs2)n1. The minimum Gasteiger partial charge on any atom is -0.333 e. The lowest BCUT2D eigenvalue weighted by molar-refractivity contribution is 0.351. The molecule has 0 saturated carbocycles. The van der Waals surface area contributed by atoms with Crippen LogP contribution >= 0.6 is 27.3 Å². The van der Waals surface area contributed by atoms with E-state index in [1.54, 1.807) is 11.7 Å². The van der Waals surface area contributed by atoms with Crippen LogP contribution < -0.4 is 0 Å². The van der Waals surface area contributed by atoms with Gasteiger partial charge in [-0.1, -0.05) is 47.1 Å². The van der Waals surface area contributed by atoms with Crippen molar-refractivity contribution in [3.8, 4) is 10.8 Å². The fourth-order valence-electron chi connectivity index (χ4n) is 2.37. The van der Waals surface area contributed by atoms with Crippen molar-refractivity contribution in [2.24, 2.45) is 5.92 Å². The van der Waals surface area contributed by atoms with E-state index in [1.807, 2.05) is 12.1 Å². The van der Waals surface area contributed by atoms with Gasteiger partial charge in [-0.05, 0) is 30.5 Å². The lowest BCUT2D eigenvalue weighted by Gasteiger charge is -2.31. The summed E-state index contributed by atoms with van der Waals surface area (Å²) in [5.74, 6) is 1.55. The quantitative estimate of drug-likeness (QED) is 0.647. The number of aromatic nitrogens is 3. The molecule has 3 aromatic rings. The number of thiazole rings is 1. The van der Waals surface area contributed by atoms with Gasteiger partial charge in [0.15, 0.2) is 5.82 Å². The summed E-state index contributed by atoms with van der Waals surface area (Å²) in [6.07, 6.45) is 1.74. The molecular weight excluding hydrogens is 362 g/mol. The van der Waals surface area contributed by atoms with E-state index in [2.05, 4.69) is 64.0 Å². The highest BCUT2D eigenvalue weighted by Crippen LogP contribution is 2.38. The zero-order valence-electron chi connectivity index (χ0n) is 12.6. The van der Waals surface area contributed by atoms with Gasteiger partial charge >= 0.3 is 0 Å². The third-order valence-electron chi connectivity index (χ3n) is 4.13. The minimum atomic E-state index is -0.312. The highest BCUT2D eigenvalue weighted by atomic mass is 79.9.